The van der Waals surface area contributed by atoms with Gasteiger partial charge >= 0.3 is 0 Å². The summed E-state index contributed by atoms with van der Waals surface area (Å²) in [6.45, 7) is 0.934. The Morgan fingerprint density at radius 1 is 1.12 bits per heavy atom. The van der Waals surface area contributed by atoms with Crippen LogP contribution in [0, 0.1) is 5.92 Å². The van der Waals surface area contributed by atoms with Crippen molar-refractivity contribution < 1.29 is 49.6 Å². The lowest BCUT2D eigenvalue weighted by atomic mass is 9.88. The van der Waals surface area contributed by atoms with Crippen molar-refractivity contribution >= 4 is 0 Å². The van der Waals surface area contributed by atoms with Crippen LogP contribution in [0.5, 0.6) is 0 Å². The van der Waals surface area contributed by atoms with Gasteiger partial charge in [0.25, 0.3) is 0 Å². The SMILES string of the molecule is CO[C@H]1C=C2[C@H](O)C[C@](C)(O)[C@H]2[C@H](O[C@@H]2O[C@H](CO)[C@@H](O)[C@H](O)[C@H]2O)O1. The average molecular weight is 378 g/mol. The monoisotopic (exact) mass is 378 g/mol. The quantitative estimate of drug-likeness (QED) is 0.282. The fraction of sp³-hybridized carbons (Fsp3) is 0.875. The second-order valence-electron chi connectivity index (χ2n) is 7.16. The number of methoxy groups -OCH3 is 1. The molecule has 1 saturated heterocycles. The summed E-state index contributed by atoms with van der Waals surface area (Å²) in [4.78, 5) is 0. The van der Waals surface area contributed by atoms with Crippen LogP contribution in [0.2, 0.25) is 0 Å². The van der Waals surface area contributed by atoms with E-state index in [1.165, 1.54) is 14.0 Å². The first-order chi connectivity index (χ1) is 12.2. The highest BCUT2D eigenvalue weighted by atomic mass is 16.8. The van der Waals surface area contributed by atoms with Crippen molar-refractivity contribution in [1.82, 2.24) is 0 Å². The number of rotatable bonds is 4. The van der Waals surface area contributed by atoms with Gasteiger partial charge in [0.15, 0.2) is 18.9 Å². The lowest BCUT2D eigenvalue weighted by Crippen LogP contribution is -2.60. The zero-order valence-electron chi connectivity index (χ0n) is 14.5. The molecule has 6 N–H and O–H groups in total. The molecule has 0 unspecified atom stereocenters. The summed E-state index contributed by atoms with van der Waals surface area (Å²) < 4.78 is 21.8. The van der Waals surface area contributed by atoms with E-state index in [2.05, 4.69) is 0 Å². The van der Waals surface area contributed by atoms with Gasteiger partial charge in [-0.1, -0.05) is 0 Å². The van der Waals surface area contributed by atoms with Crippen molar-refractivity contribution in [3.8, 4) is 0 Å². The topological polar surface area (TPSA) is 158 Å². The molecule has 0 amide bonds. The third kappa shape index (κ3) is 3.42. The largest absolute Gasteiger partial charge is 0.394 e. The first kappa shape index (κ1) is 20.1. The second-order valence-corrected chi connectivity index (χ2v) is 7.16. The molecule has 26 heavy (non-hydrogen) atoms. The van der Waals surface area contributed by atoms with Gasteiger partial charge in [-0.3, -0.25) is 0 Å². The number of aliphatic hydroxyl groups is 6. The van der Waals surface area contributed by atoms with Crippen molar-refractivity contribution in [3.05, 3.63) is 11.6 Å². The van der Waals surface area contributed by atoms with Crippen molar-refractivity contribution in [2.75, 3.05) is 13.7 Å². The Morgan fingerprint density at radius 2 is 1.81 bits per heavy atom. The lowest BCUT2D eigenvalue weighted by molar-refractivity contribution is -0.362. The Bertz CT molecular complexity index is 535. The Morgan fingerprint density at radius 3 is 2.42 bits per heavy atom. The van der Waals surface area contributed by atoms with Crippen molar-refractivity contribution in [1.29, 1.82) is 0 Å². The maximum absolute atomic E-state index is 10.6. The summed E-state index contributed by atoms with van der Waals surface area (Å²) in [6, 6.07) is 0. The van der Waals surface area contributed by atoms with Gasteiger partial charge in [0.1, 0.15) is 24.4 Å². The fourth-order valence-corrected chi connectivity index (χ4v) is 3.82. The van der Waals surface area contributed by atoms with Crippen LogP contribution in [0.15, 0.2) is 11.6 Å². The molecule has 1 aliphatic carbocycles. The fourth-order valence-electron chi connectivity index (χ4n) is 3.82. The Hall–Kier alpha value is -0.660. The Balaban J connectivity index is 1.82. The second kappa shape index (κ2) is 7.40. The zero-order valence-corrected chi connectivity index (χ0v) is 14.5. The van der Waals surface area contributed by atoms with Gasteiger partial charge in [-0.05, 0) is 18.6 Å². The van der Waals surface area contributed by atoms with Gasteiger partial charge in [0.2, 0.25) is 0 Å². The van der Waals surface area contributed by atoms with Gasteiger partial charge in [-0.2, -0.15) is 0 Å². The van der Waals surface area contributed by atoms with E-state index in [-0.39, 0.29) is 6.42 Å². The molecule has 10 nitrogen and oxygen atoms in total. The summed E-state index contributed by atoms with van der Waals surface area (Å²) in [5, 5.41) is 60.0. The molecule has 0 spiro atoms. The minimum Gasteiger partial charge on any atom is -0.394 e. The molecule has 0 aromatic heterocycles. The Labute approximate surface area is 150 Å². The normalized spacial score (nSPS) is 51.8. The summed E-state index contributed by atoms with van der Waals surface area (Å²) >= 11 is 0. The molecule has 3 aliphatic rings. The van der Waals surface area contributed by atoms with Gasteiger partial charge in [0, 0.05) is 13.5 Å². The van der Waals surface area contributed by atoms with E-state index in [4.69, 9.17) is 18.9 Å². The van der Waals surface area contributed by atoms with E-state index < -0.39 is 67.5 Å². The molecule has 2 heterocycles. The standard InChI is InChI=1S/C16H26O10/c1-16(22)4-7(18)6-3-9(23-2)25-14(10(6)16)26-15-13(21)12(20)11(19)8(5-17)24-15/h3,7-15,17-22H,4-5H2,1-2H3/t7-,8-,9-,10-,11-,12+,13-,14+,15+,16+/m1/s1. The molecule has 0 radical (unpaired) electrons. The van der Waals surface area contributed by atoms with E-state index in [1.807, 2.05) is 0 Å². The van der Waals surface area contributed by atoms with E-state index >= 15 is 0 Å². The third-order valence-electron chi connectivity index (χ3n) is 5.24. The summed E-state index contributed by atoms with van der Waals surface area (Å²) in [6.07, 6.45) is -8.57. The van der Waals surface area contributed by atoms with Gasteiger partial charge in [-0.25, -0.2) is 0 Å². The summed E-state index contributed by atoms with van der Waals surface area (Å²) in [5.41, 5.74) is -0.856. The highest BCUT2D eigenvalue weighted by Gasteiger charge is 2.55. The smallest absolute Gasteiger partial charge is 0.189 e. The predicted octanol–water partition coefficient (Wildman–Crippen LogP) is -2.81. The minimum absolute atomic E-state index is 0.0673. The van der Waals surface area contributed by atoms with E-state index in [9.17, 15) is 30.6 Å². The van der Waals surface area contributed by atoms with Crippen LogP contribution in [-0.4, -0.2) is 99.3 Å². The summed E-state index contributed by atoms with van der Waals surface area (Å²) in [7, 11) is 1.40. The first-order valence-electron chi connectivity index (χ1n) is 8.46. The Kier molecular flexibility index (Phi) is 5.71. The van der Waals surface area contributed by atoms with Crippen LogP contribution < -0.4 is 0 Å². The molecule has 2 aliphatic heterocycles. The number of ether oxygens (including phenoxy) is 4. The van der Waals surface area contributed by atoms with Gasteiger partial charge in [-0.15, -0.1) is 0 Å². The van der Waals surface area contributed by atoms with Gasteiger partial charge < -0.3 is 49.6 Å². The average Bonchev–Trinajstić information content (AvgIpc) is 2.84. The summed E-state index contributed by atoms with van der Waals surface area (Å²) in [5.74, 6) is -0.753. The van der Waals surface area contributed by atoms with Crippen LogP contribution in [-0.2, 0) is 18.9 Å². The highest BCUT2D eigenvalue weighted by molar-refractivity contribution is 5.27. The number of hydrogen-bond acceptors (Lipinski definition) is 10. The predicted molar refractivity (Wildman–Crippen MR) is 83.3 cm³/mol. The maximum atomic E-state index is 10.6. The van der Waals surface area contributed by atoms with Crippen LogP contribution in [0.3, 0.4) is 0 Å². The van der Waals surface area contributed by atoms with Crippen LogP contribution in [0.25, 0.3) is 0 Å². The molecular formula is C16H26O10. The zero-order chi connectivity index (χ0) is 19.2. The molecule has 10 atom stereocenters. The maximum Gasteiger partial charge on any atom is 0.189 e. The molecule has 10 heteroatoms. The highest BCUT2D eigenvalue weighted by Crippen LogP contribution is 2.46. The van der Waals surface area contributed by atoms with Gasteiger partial charge in [0.05, 0.1) is 24.2 Å². The number of hydrogen-bond donors (Lipinski definition) is 6. The van der Waals surface area contributed by atoms with E-state index in [0.29, 0.717) is 5.57 Å². The van der Waals surface area contributed by atoms with E-state index in [1.54, 1.807) is 6.08 Å². The molecule has 0 aromatic rings. The lowest BCUT2D eigenvalue weighted by Gasteiger charge is -2.44. The van der Waals surface area contributed by atoms with Crippen LogP contribution in [0.4, 0.5) is 0 Å². The molecular weight excluding hydrogens is 352 g/mol. The van der Waals surface area contributed by atoms with Crippen molar-refractivity contribution in [2.45, 2.75) is 68.3 Å². The minimum atomic E-state index is -1.61. The molecule has 0 aromatic carbocycles. The molecule has 1 saturated carbocycles. The first-order valence-corrected chi connectivity index (χ1v) is 8.46. The number of fused-ring (bicyclic) bond motifs is 1. The molecule has 3 rings (SSSR count). The van der Waals surface area contributed by atoms with Crippen LogP contribution in [0.1, 0.15) is 13.3 Å². The van der Waals surface area contributed by atoms with Crippen LogP contribution >= 0.6 is 0 Å². The van der Waals surface area contributed by atoms with Crippen molar-refractivity contribution in [2.24, 2.45) is 5.92 Å². The van der Waals surface area contributed by atoms with Crippen molar-refractivity contribution in [3.63, 3.8) is 0 Å². The molecule has 0 bridgehead atoms. The third-order valence-corrected chi connectivity index (χ3v) is 5.24. The molecule has 150 valence electrons. The number of aliphatic hydroxyl groups excluding tert-OH is 5. The molecule has 2 fully saturated rings. The van der Waals surface area contributed by atoms with E-state index in [0.717, 1.165) is 0 Å².